The summed E-state index contributed by atoms with van der Waals surface area (Å²) >= 11 is 0. The van der Waals surface area contributed by atoms with E-state index in [2.05, 4.69) is 30.8 Å². The number of fused-ring (bicyclic) bond motifs is 1. The van der Waals surface area contributed by atoms with Crippen molar-refractivity contribution in [3.63, 3.8) is 0 Å². The number of hydrogen-bond acceptors (Lipinski definition) is 7. The van der Waals surface area contributed by atoms with Crippen molar-refractivity contribution in [2.75, 3.05) is 19.0 Å². The van der Waals surface area contributed by atoms with Gasteiger partial charge in [-0.2, -0.15) is 5.10 Å². The van der Waals surface area contributed by atoms with Gasteiger partial charge in [-0.15, -0.1) is 0 Å². The molecule has 31 heavy (non-hydrogen) atoms. The van der Waals surface area contributed by atoms with Gasteiger partial charge in [-0.3, -0.25) is 14.7 Å². The summed E-state index contributed by atoms with van der Waals surface area (Å²) in [5, 5.41) is 12.8. The van der Waals surface area contributed by atoms with Crippen LogP contribution in [0.4, 0.5) is 11.6 Å². The molecule has 0 spiro atoms. The van der Waals surface area contributed by atoms with E-state index in [0.29, 0.717) is 24.7 Å². The van der Waals surface area contributed by atoms with Crippen molar-refractivity contribution >= 4 is 23.5 Å². The number of aromatic amines is 1. The molecular weight excluding hydrogens is 398 g/mol. The van der Waals surface area contributed by atoms with Crippen LogP contribution >= 0.6 is 0 Å². The SMILES string of the molecule is COc1ccc(CNC(=O)C(=O)N2CCc3ccc(Nc4cc(C)n[nH]4)nc3C2)cn1. The fraction of sp³-hybridized carbons (Fsp3) is 0.286. The number of ether oxygens (including phenoxy) is 1. The number of carbonyl (C=O) groups excluding carboxylic acids is 2. The van der Waals surface area contributed by atoms with Gasteiger partial charge in [-0.05, 0) is 30.5 Å². The lowest BCUT2D eigenvalue weighted by molar-refractivity contribution is -0.146. The molecule has 10 nitrogen and oxygen atoms in total. The van der Waals surface area contributed by atoms with Gasteiger partial charge < -0.3 is 20.3 Å². The zero-order valence-corrected chi connectivity index (χ0v) is 17.3. The standard InChI is InChI=1S/C21H23N7O3/c1-13-9-18(27-26-13)25-17-5-4-15-7-8-28(12-16(15)24-17)21(30)20(29)23-11-14-3-6-19(31-2)22-10-14/h3-6,9-10H,7-8,11-12H2,1-2H3,(H,23,29)(H2,24,25,26,27). The van der Waals surface area contributed by atoms with Crippen LogP contribution in [0, 0.1) is 6.92 Å². The minimum atomic E-state index is -0.651. The van der Waals surface area contributed by atoms with E-state index in [4.69, 9.17) is 4.74 Å². The van der Waals surface area contributed by atoms with Gasteiger partial charge in [0.15, 0.2) is 0 Å². The monoisotopic (exact) mass is 421 g/mol. The third-order valence-corrected chi connectivity index (χ3v) is 4.97. The average molecular weight is 421 g/mol. The molecule has 0 atom stereocenters. The third-order valence-electron chi connectivity index (χ3n) is 4.97. The second-order valence-electron chi connectivity index (χ2n) is 7.22. The Morgan fingerprint density at radius 3 is 2.84 bits per heavy atom. The average Bonchev–Trinajstić information content (AvgIpc) is 3.21. The lowest BCUT2D eigenvalue weighted by atomic mass is 10.0. The molecule has 0 unspecified atom stereocenters. The molecule has 2 amide bonds. The highest BCUT2D eigenvalue weighted by Crippen LogP contribution is 2.21. The second kappa shape index (κ2) is 8.82. The molecule has 3 aromatic heterocycles. The number of aromatic nitrogens is 4. The van der Waals surface area contributed by atoms with E-state index in [9.17, 15) is 9.59 Å². The van der Waals surface area contributed by atoms with Gasteiger partial charge >= 0.3 is 11.8 Å². The number of nitrogens with zero attached hydrogens (tertiary/aromatic N) is 4. The normalized spacial score (nSPS) is 12.8. The van der Waals surface area contributed by atoms with Crippen LogP contribution in [0.3, 0.4) is 0 Å². The van der Waals surface area contributed by atoms with Crippen molar-refractivity contribution < 1.29 is 14.3 Å². The Morgan fingerprint density at radius 2 is 2.13 bits per heavy atom. The fourth-order valence-corrected chi connectivity index (χ4v) is 3.31. The van der Waals surface area contributed by atoms with Gasteiger partial charge in [0.05, 0.1) is 25.0 Å². The van der Waals surface area contributed by atoms with E-state index in [-0.39, 0.29) is 13.1 Å². The summed E-state index contributed by atoms with van der Waals surface area (Å²) in [6, 6.07) is 9.24. The number of anilines is 2. The maximum Gasteiger partial charge on any atom is 0.312 e. The van der Waals surface area contributed by atoms with E-state index in [0.717, 1.165) is 28.3 Å². The van der Waals surface area contributed by atoms with Gasteiger partial charge in [0, 0.05) is 31.4 Å². The summed E-state index contributed by atoms with van der Waals surface area (Å²) in [4.78, 5) is 35.2. The molecule has 0 saturated carbocycles. The molecule has 0 saturated heterocycles. The van der Waals surface area contributed by atoms with E-state index in [1.165, 1.54) is 12.0 Å². The van der Waals surface area contributed by atoms with E-state index < -0.39 is 11.8 Å². The molecular formula is C21H23N7O3. The molecule has 4 rings (SSSR count). The topological polar surface area (TPSA) is 125 Å². The summed E-state index contributed by atoms with van der Waals surface area (Å²) in [5.74, 6) is 0.648. The Hall–Kier alpha value is -3.95. The number of amides is 2. The minimum absolute atomic E-state index is 0.210. The van der Waals surface area contributed by atoms with Crippen LogP contribution in [-0.2, 0) is 29.1 Å². The van der Waals surface area contributed by atoms with Crippen molar-refractivity contribution in [1.82, 2.24) is 30.4 Å². The van der Waals surface area contributed by atoms with Crippen molar-refractivity contribution in [1.29, 1.82) is 0 Å². The lowest BCUT2D eigenvalue weighted by Gasteiger charge is -2.27. The maximum atomic E-state index is 12.6. The zero-order chi connectivity index (χ0) is 21.8. The molecule has 0 fully saturated rings. The number of hydrogen-bond donors (Lipinski definition) is 3. The first kappa shape index (κ1) is 20.3. The van der Waals surface area contributed by atoms with Crippen LogP contribution in [0.1, 0.15) is 22.5 Å². The number of H-pyrrole nitrogens is 1. The molecule has 0 aliphatic carbocycles. The smallest absolute Gasteiger partial charge is 0.312 e. The van der Waals surface area contributed by atoms with Crippen LogP contribution in [0.15, 0.2) is 36.5 Å². The molecule has 0 aromatic carbocycles. The van der Waals surface area contributed by atoms with Crippen molar-refractivity contribution in [3.8, 4) is 5.88 Å². The first-order chi connectivity index (χ1) is 15.0. The first-order valence-electron chi connectivity index (χ1n) is 9.85. The van der Waals surface area contributed by atoms with Crippen LogP contribution in [-0.4, -0.2) is 50.5 Å². The second-order valence-corrected chi connectivity index (χ2v) is 7.22. The van der Waals surface area contributed by atoms with E-state index >= 15 is 0 Å². The quantitative estimate of drug-likeness (QED) is 0.533. The Labute approximate surface area is 179 Å². The van der Waals surface area contributed by atoms with Gasteiger partial charge in [-0.25, -0.2) is 9.97 Å². The van der Waals surface area contributed by atoms with Gasteiger partial charge in [0.25, 0.3) is 0 Å². The molecule has 10 heteroatoms. The highest BCUT2D eigenvalue weighted by Gasteiger charge is 2.26. The van der Waals surface area contributed by atoms with Crippen LogP contribution < -0.4 is 15.4 Å². The van der Waals surface area contributed by atoms with E-state index in [1.54, 1.807) is 18.3 Å². The summed E-state index contributed by atoms with van der Waals surface area (Å²) in [6.07, 6.45) is 2.24. The highest BCUT2D eigenvalue weighted by molar-refractivity contribution is 6.34. The fourth-order valence-electron chi connectivity index (χ4n) is 3.31. The predicted molar refractivity (Wildman–Crippen MR) is 113 cm³/mol. The first-order valence-corrected chi connectivity index (χ1v) is 9.85. The Bertz CT molecular complexity index is 1090. The summed E-state index contributed by atoms with van der Waals surface area (Å²) in [7, 11) is 1.53. The molecule has 1 aliphatic heterocycles. The highest BCUT2D eigenvalue weighted by atomic mass is 16.5. The number of aryl methyl sites for hydroxylation is 1. The number of rotatable bonds is 5. The van der Waals surface area contributed by atoms with Crippen LogP contribution in [0.25, 0.3) is 0 Å². The summed E-state index contributed by atoms with van der Waals surface area (Å²) < 4.78 is 5.01. The predicted octanol–water partition coefficient (Wildman–Crippen LogP) is 1.46. The summed E-state index contributed by atoms with van der Waals surface area (Å²) in [6.45, 7) is 2.85. The van der Waals surface area contributed by atoms with Crippen LogP contribution in [0.5, 0.6) is 5.88 Å². The van der Waals surface area contributed by atoms with Gasteiger partial charge in [0.2, 0.25) is 5.88 Å². The van der Waals surface area contributed by atoms with Crippen molar-refractivity contribution in [2.45, 2.75) is 26.4 Å². The Balaban J connectivity index is 1.36. The largest absolute Gasteiger partial charge is 0.481 e. The molecule has 3 aromatic rings. The molecule has 4 heterocycles. The number of nitrogens with one attached hydrogen (secondary N) is 3. The van der Waals surface area contributed by atoms with Gasteiger partial charge in [0.1, 0.15) is 11.6 Å². The molecule has 0 bridgehead atoms. The molecule has 3 N–H and O–H groups in total. The third kappa shape index (κ3) is 4.80. The van der Waals surface area contributed by atoms with Crippen LogP contribution in [0.2, 0.25) is 0 Å². The molecule has 160 valence electrons. The Morgan fingerprint density at radius 1 is 1.26 bits per heavy atom. The van der Waals surface area contributed by atoms with Crippen molar-refractivity contribution in [3.05, 3.63) is 59.0 Å². The number of carbonyl (C=O) groups is 2. The van der Waals surface area contributed by atoms with Gasteiger partial charge in [-0.1, -0.05) is 12.1 Å². The number of methoxy groups -OCH3 is 1. The Kier molecular flexibility index (Phi) is 5.78. The van der Waals surface area contributed by atoms with Crippen molar-refractivity contribution in [2.24, 2.45) is 0 Å². The zero-order valence-electron chi connectivity index (χ0n) is 17.3. The molecule has 0 radical (unpaired) electrons. The summed E-state index contributed by atoms with van der Waals surface area (Å²) in [5.41, 5.74) is 3.49. The lowest BCUT2D eigenvalue weighted by Crippen LogP contribution is -2.45. The van der Waals surface area contributed by atoms with E-state index in [1.807, 2.05) is 25.1 Å². The molecule has 1 aliphatic rings. The number of pyridine rings is 2. The minimum Gasteiger partial charge on any atom is -0.481 e. The maximum absolute atomic E-state index is 12.6.